The van der Waals surface area contributed by atoms with E-state index in [0.717, 1.165) is 46.2 Å². The predicted molar refractivity (Wildman–Crippen MR) is 116 cm³/mol. The molecule has 1 aliphatic rings. The molecule has 0 unspecified atom stereocenters. The molecule has 3 rings (SSSR count). The Morgan fingerprint density at radius 2 is 2.07 bits per heavy atom. The van der Waals surface area contributed by atoms with E-state index >= 15 is 0 Å². The van der Waals surface area contributed by atoms with Crippen molar-refractivity contribution < 1.29 is 14.3 Å². The largest absolute Gasteiger partial charge is 0.493 e. The zero-order valence-corrected chi connectivity index (χ0v) is 18.2. The highest BCUT2D eigenvalue weighted by Crippen LogP contribution is 2.47. The number of amides is 1. The summed E-state index contributed by atoms with van der Waals surface area (Å²) in [6.07, 6.45) is 1.72. The maximum Gasteiger partial charge on any atom is 0.414 e. The van der Waals surface area contributed by atoms with Crippen LogP contribution in [-0.2, 0) is 4.74 Å². The highest BCUT2D eigenvalue weighted by atomic mass is 35.5. The molecule has 1 atom stereocenters. The third kappa shape index (κ3) is 4.07. The minimum Gasteiger partial charge on any atom is -0.493 e. The first kappa shape index (κ1) is 20.8. The molecule has 5 heteroatoms. The lowest BCUT2D eigenvalue weighted by Gasteiger charge is -2.25. The second kappa shape index (κ2) is 8.20. The second-order valence-electron chi connectivity index (χ2n) is 8.45. The van der Waals surface area contributed by atoms with Crippen LogP contribution in [0.5, 0.6) is 5.75 Å². The lowest BCUT2D eigenvalue weighted by atomic mass is 9.92. The van der Waals surface area contributed by atoms with E-state index in [0.29, 0.717) is 19.0 Å². The Hall–Kier alpha value is -1.94. The van der Waals surface area contributed by atoms with Gasteiger partial charge in [-0.1, -0.05) is 31.5 Å². The number of hydrogen-bond acceptors (Lipinski definition) is 3. The number of aryl methyl sites for hydroxylation is 1. The Bertz CT molecular complexity index is 872. The van der Waals surface area contributed by atoms with Crippen molar-refractivity contribution in [3.63, 3.8) is 0 Å². The molecular formula is C23H30ClNO3. The molecule has 1 heterocycles. The highest BCUT2D eigenvalue weighted by molar-refractivity contribution is 6.19. The number of benzene rings is 2. The number of alkyl halides is 1. The summed E-state index contributed by atoms with van der Waals surface area (Å²) in [5.41, 5.74) is 2.59. The highest BCUT2D eigenvalue weighted by Gasteiger charge is 2.37. The van der Waals surface area contributed by atoms with Gasteiger partial charge in [0, 0.05) is 29.8 Å². The number of rotatable bonds is 5. The number of halogens is 1. The number of ether oxygens (including phenoxy) is 2. The number of unbranched alkanes of at least 4 members (excludes halogenated alkanes) is 1. The maximum atomic E-state index is 12.9. The Morgan fingerprint density at radius 1 is 1.32 bits per heavy atom. The van der Waals surface area contributed by atoms with E-state index in [-0.39, 0.29) is 12.0 Å². The molecule has 2 aromatic rings. The first-order valence-corrected chi connectivity index (χ1v) is 10.6. The van der Waals surface area contributed by atoms with Gasteiger partial charge >= 0.3 is 6.09 Å². The topological polar surface area (TPSA) is 38.8 Å². The van der Waals surface area contributed by atoms with Crippen LogP contribution >= 0.6 is 11.6 Å². The number of carbonyl (C=O) groups excluding carboxylic acids is 1. The molecule has 0 aromatic heterocycles. The van der Waals surface area contributed by atoms with Crippen molar-refractivity contribution in [2.24, 2.45) is 0 Å². The molecular weight excluding hydrogens is 374 g/mol. The van der Waals surface area contributed by atoms with Gasteiger partial charge in [-0.3, -0.25) is 4.90 Å². The average Bonchev–Trinajstić information content (AvgIpc) is 2.99. The van der Waals surface area contributed by atoms with Crippen LogP contribution in [0.25, 0.3) is 10.8 Å². The summed E-state index contributed by atoms with van der Waals surface area (Å²) in [6, 6.07) is 8.22. The smallest absolute Gasteiger partial charge is 0.414 e. The molecule has 4 nitrogen and oxygen atoms in total. The molecule has 28 heavy (non-hydrogen) atoms. The summed E-state index contributed by atoms with van der Waals surface area (Å²) in [5.74, 6) is 1.33. The van der Waals surface area contributed by atoms with Crippen molar-refractivity contribution in [1.29, 1.82) is 0 Å². The zero-order chi connectivity index (χ0) is 20.5. The van der Waals surface area contributed by atoms with Crippen LogP contribution in [-0.4, -0.2) is 30.7 Å². The van der Waals surface area contributed by atoms with E-state index in [9.17, 15) is 4.79 Å². The minimum atomic E-state index is -0.552. The molecule has 0 radical (unpaired) electrons. The Labute approximate surface area is 172 Å². The van der Waals surface area contributed by atoms with Crippen LogP contribution < -0.4 is 9.64 Å². The number of anilines is 1. The Morgan fingerprint density at radius 3 is 2.71 bits per heavy atom. The number of nitrogens with zero attached hydrogens (tertiary/aromatic N) is 1. The standard InChI is InChI=1S/C23H30ClNO3/c1-6-7-11-27-19-12-18-21(20-15(2)9-8-10-17(19)20)16(13-24)14-25(18)22(26)28-23(3,4)5/h8-10,12,16H,6-7,11,13-14H2,1-5H3/t16-/m1/s1. The molecule has 0 N–H and O–H groups in total. The summed E-state index contributed by atoms with van der Waals surface area (Å²) in [7, 11) is 0. The zero-order valence-electron chi connectivity index (χ0n) is 17.5. The van der Waals surface area contributed by atoms with Gasteiger partial charge in [-0.2, -0.15) is 0 Å². The van der Waals surface area contributed by atoms with Gasteiger partial charge in [0.05, 0.1) is 12.3 Å². The van der Waals surface area contributed by atoms with Gasteiger partial charge in [-0.15, -0.1) is 11.6 Å². The normalized spacial score (nSPS) is 16.4. The molecule has 0 fully saturated rings. The third-order valence-corrected chi connectivity index (χ3v) is 5.38. The Balaban J connectivity index is 2.15. The fourth-order valence-corrected chi connectivity index (χ4v) is 4.00. The van der Waals surface area contributed by atoms with Crippen molar-refractivity contribution >= 4 is 34.2 Å². The van der Waals surface area contributed by atoms with Gasteiger partial charge in [0.15, 0.2) is 0 Å². The van der Waals surface area contributed by atoms with E-state index in [1.165, 1.54) is 0 Å². The molecule has 0 saturated heterocycles. The lowest BCUT2D eigenvalue weighted by Crippen LogP contribution is -2.36. The molecule has 1 aliphatic heterocycles. The molecule has 2 aromatic carbocycles. The first-order valence-electron chi connectivity index (χ1n) is 10.0. The van der Waals surface area contributed by atoms with Crippen LogP contribution in [0.15, 0.2) is 24.3 Å². The van der Waals surface area contributed by atoms with Gasteiger partial charge in [-0.05, 0) is 50.6 Å². The summed E-state index contributed by atoms with van der Waals surface area (Å²) in [5, 5.41) is 2.22. The first-order chi connectivity index (χ1) is 13.3. The van der Waals surface area contributed by atoms with Crippen molar-refractivity contribution in [2.75, 3.05) is 23.9 Å². The monoisotopic (exact) mass is 403 g/mol. The van der Waals surface area contributed by atoms with Crippen molar-refractivity contribution in [3.05, 3.63) is 35.4 Å². The fourth-order valence-electron chi connectivity index (χ4n) is 3.75. The maximum absolute atomic E-state index is 12.9. The van der Waals surface area contributed by atoms with Gasteiger partial charge < -0.3 is 9.47 Å². The van der Waals surface area contributed by atoms with Crippen LogP contribution in [0, 0.1) is 6.92 Å². The van der Waals surface area contributed by atoms with E-state index in [4.69, 9.17) is 21.1 Å². The number of hydrogen-bond donors (Lipinski definition) is 0. The summed E-state index contributed by atoms with van der Waals surface area (Å²) < 4.78 is 11.8. The van der Waals surface area contributed by atoms with Gasteiger partial charge in [0.2, 0.25) is 0 Å². The molecule has 0 spiro atoms. The van der Waals surface area contributed by atoms with Gasteiger partial charge in [0.25, 0.3) is 0 Å². The van der Waals surface area contributed by atoms with Crippen LogP contribution in [0.2, 0.25) is 0 Å². The molecule has 152 valence electrons. The SMILES string of the molecule is CCCCOc1cc2c(c3c(C)cccc13)[C@H](CCl)CN2C(=O)OC(C)(C)C. The summed E-state index contributed by atoms with van der Waals surface area (Å²) >= 11 is 6.32. The predicted octanol–water partition coefficient (Wildman–Crippen LogP) is 6.40. The average molecular weight is 404 g/mol. The quantitative estimate of drug-likeness (QED) is 0.428. The van der Waals surface area contributed by atoms with E-state index in [2.05, 4.69) is 26.0 Å². The molecule has 0 bridgehead atoms. The fraction of sp³-hybridized carbons (Fsp3) is 0.522. The van der Waals surface area contributed by atoms with Crippen molar-refractivity contribution in [1.82, 2.24) is 0 Å². The number of carbonyl (C=O) groups is 1. The van der Waals surface area contributed by atoms with Gasteiger partial charge in [-0.25, -0.2) is 4.79 Å². The van der Waals surface area contributed by atoms with Crippen molar-refractivity contribution in [3.8, 4) is 5.75 Å². The summed E-state index contributed by atoms with van der Waals surface area (Å²) in [6.45, 7) is 11.1. The lowest BCUT2D eigenvalue weighted by molar-refractivity contribution is 0.0582. The summed E-state index contributed by atoms with van der Waals surface area (Å²) in [4.78, 5) is 14.6. The van der Waals surface area contributed by atoms with E-state index < -0.39 is 5.60 Å². The van der Waals surface area contributed by atoms with E-state index in [1.807, 2.05) is 32.9 Å². The van der Waals surface area contributed by atoms with E-state index in [1.54, 1.807) is 4.90 Å². The third-order valence-electron chi connectivity index (χ3n) is 5.01. The van der Waals surface area contributed by atoms with Gasteiger partial charge in [0.1, 0.15) is 11.4 Å². The second-order valence-corrected chi connectivity index (χ2v) is 8.76. The Kier molecular flexibility index (Phi) is 6.09. The van der Waals surface area contributed by atoms with Crippen LogP contribution in [0.1, 0.15) is 57.6 Å². The van der Waals surface area contributed by atoms with Crippen LogP contribution in [0.3, 0.4) is 0 Å². The van der Waals surface area contributed by atoms with Crippen molar-refractivity contribution in [2.45, 2.75) is 59.0 Å². The molecule has 1 amide bonds. The van der Waals surface area contributed by atoms with Crippen LogP contribution in [0.4, 0.5) is 10.5 Å². The minimum absolute atomic E-state index is 0.0671. The number of fused-ring (bicyclic) bond motifs is 3. The molecule has 0 saturated carbocycles. The molecule has 0 aliphatic carbocycles.